The van der Waals surface area contributed by atoms with Gasteiger partial charge < -0.3 is 9.47 Å². The number of methoxy groups -OCH3 is 1. The van der Waals surface area contributed by atoms with Crippen molar-refractivity contribution in [3.8, 4) is 5.75 Å². The van der Waals surface area contributed by atoms with Crippen molar-refractivity contribution in [3.63, 3.8) is 0 Å². The molecule has 0 aromatic heterocycles. The SMILES string of the molecule is COC(=O)C(Br)COc1ccc(Cl)cc1[N+](=O)[O-]. The second-order valence-electron chi connectivity index (χ2n) is 3.17. The average Bonchev–Trinajstić information content (AvgIpc) is 2.35. The molecule has 0 saturated heterocycles. The number of carbonyl (C=O) groups is 1. The highest BCUT2D eigenvalue weighted by Crippen LogP contribution is 2.30. The molecule has 0 saturated carbocycles. The smallest absolute Gasteiger partial charge is 0.322 e. The first-order valence-electron chi connectivity index (χ1n) is 4.74. The number of alkyl halides is 1. The molecule has 1 aromatic carbocycles. The molecule has 18 heavy (non-hydrogen) atoms. The Hall–Kier alpha value is -1.34. The molecular weight excluding hydrogens is 329 g/mol. The number of hydrogen-bond donors (Lipinski definition) is 0. The lowest BCUT2D eigenvalue weighted by atomic mass is 10.3. The molecule has 0 aliphatic heterocycles. The third kappa shape index (κ3) is 3.85. The highest BCUT2D eigenvalue weighted by atomic mass is 79.9. The number of nitrogens with zero attached hydrogens (tertiary/aromatic N) is 1. The highest BCUT2D eigenvalue weighted by molar-refractivity contribution is 9.10. The summed E-state index contributed by atoms with van der Waals surface area (Å²) < 4.78 is 9.67. The molecule has 0 bridgehead atoms. The molecule has 1 unspecified atom stereocenters. The summed E-state index contributed by atoms with van der Waals surface area (Å²) in [6.07, 6.45) is 0. The van der Waals surface area contributed by atoms with Gasteiger partial charge in [0, 0.05) is 11.1 Å². The summed E-state index contributed by atoms with van der Waals surface area (Å²) in [6.45, 7) is -0.0881. The molecule has 98 valence electrons. The molecule has 0 N–H and O–H groups in total. The number of esters is 1. The van der Waals surface area contributed by atoms with E-state index in [1.165, 1.54) is 25.3 Å². The van der Waals surface area contributed by atoms with Crippen LogP contribution < -0.4 is 4.74 Å². The number of halogens is 2. The Bertz CT molecular complexity index is 468. The predicted octanol–water partition coefficient (Wildman–Crippen LogP) is 2.56. The van der Waals surface area contributed by atoms with E-state index in [0.29, 0.717) is 0 Å². The molecule has 1 atom stereocenters. The minimum Gasteiger partial charge on any atom is -0.485 e. The van der Waals surface area contributed by atoms with E-state index in [1.54, 1.807) is 0 Å². The average molecular weight is 339 g/mol. The van der Waals surface area contributed by atoms with E-state index in [4.69, 9.17) is 16.3 Å². The molecule has 0 aliphatic rings. The van der Waals surface area contributed by atoms with Crippen molar-refractivity contribution in [3.05, 3.63) is 33.3 Å². The van der Waals surface area contributed by atoms with Crippen molar-refractivity contribution >= 4 is 39.2 Å². The predicted molar refractivity (Wildman–Crippen MR) is 68.3 cm³/mol. The van der Waals surface area contributed by atoms with Crippen molar-refractivity contribution in [1.29, 1.82) is 0 Å². The number of carbonyl (C=O) groups excluding carboxylic acids is 1. The second kappa shape index (κ2) is 6.55. The molecule has 1 aromatic rings. The minimum absolute atomic E-state index is 0.0396. The van der Waals surface area contributed by atoms with Crippen molar-refractivity contribution in [2.75, 3.05) is 13.7 Å². The van der Waals surface area contributed by atoms with Crippen molar-refractivity contribution in [1.82, 2.24) is 0 Å². The van der Waals surface area contributed by atoms with Crippen LogP contribution >= 0.6 is 27.5 Å². The van der Waals surface area contributed by atoms with Gasteiger partial charge >= 0.3 is 11.7 Å². The number of ether oxygens (including phenoxy) is 2. The Morgan fingerprint density at radius 2 is 2.28 bits per heavy atom. The zero-order valence-electron chi connectivity index (χ0n) is 9.26. The fourth-order valence-electron chi connectivity index (χ4n) is 1.11. The summed E-state index contributed by atoms with van der Waals surface area (Å²) in [7, 11) is 1.24. The van der Waals surface area contributed by atoms with Gasteiger partial charge in [0.2, 0.25) is 0 Å². The van der Waals surface area contributed by atoms with Crippen molar-refractivity contribution in [2.24, 2.45) is 0 Å². The Balaban J connectivity index is 2.79. The summed E-state index contributed by atoms with van der Waals surface area (Å²) in [5, 5.41) is 11.0. The summed E-state index contributed by atoms with van der Waals surface area (Å²) in [5.41, 5.74) is -0.257. The molecule has 0 spiro atoms. The number of nitro benzene ring substituents is 1. The Kier molecular flexibility index (Phi) is 5.36. The van der Waals surface area contributed by atoms with Crippen molar-refractivity contribution in [2.45, 2.75) is 4.83 Å². The normalized spacial score (nSPS) is 11.7. The third-order valence-electron chi connectivity index (χ3n) is 1.96. The van der Waals surface area contributed by atoms with E-state index in [9.17, 15) is 14.9 Å². The van der Waals surface area contributed by atoms with Crippen LogP contribution in [0.3, 0.4) is 0 Å². The van der Waals surface area contributed by atoms with Crippen LogP contribution in [0.15, 0.2) is 18.2 Å². The summed E-state index contributed by atoms with van der Waals surface area (Å²) in [4.78, 5) is 20.6. The zero-order valence-corrected chi connectivity index (χ0v) is 11.6. The monoisotopic (exact) mass is 337 g/mol. The minimum atomic E-state index is -0.696. The summed E-state index contributed by atoms with van der Waals surface area (Å²) >= 11 is 8.69. The van der Waals surface area contributed by atoms with E-state index in [0.717, 1.165) is 0 Å². The number of nitro groups is 1. The molecule has 0 amide bonds. The first kappa shape index (κ1) is 14.7. The summed E-state index contributed by atoms with van der Waals surface area (Å²) in [5.74, 6) is -0.482. The number of hydrogen-bond acceptors (Lipinski definition) is 5. The van der Waals surface area contributed by atoms with Gasteiger partial charge in [0.05, 0.1) is 12.0 Å². The van der Waals surface area contributed by atoms with Gasteiger partial charge in [0.1, 0.15) is 11.4 Å². The van der Waals surface area contributed by atoms with Crippen molar-refractivity contribution < 1.29 is 19.2 Å². The summed E-state index contributed by atoms with van der Waals surface area (Å²) in [6, 6.07) is 4.01. The van der Waals surface area contributed by atoms with Gasteiger partial charge in [-0.05, 0) is 12.1 Å². The standard InChI is InChI=1S/C10H9BrClNO5/c1-17-10(14)7(11)5-18-9-3-2-6(12)4-8(9)13(15)16/h2-4,7H,5H2,1H3. The fraction of sp³-hybridized carbons (Fsp3) is 0.300. The molecule has 0 fully saturated rings. The van der Waals surface area contributed by atoms with Crippen LogP contribution in [0.25, 0.3) is 0 Å². The number of benzene rings is 1. The molecule has 0 aliphatic carbocycles. The topological polar surface area (TPSA) is 78.7 Å². The lowest BCUT2D eigenvalue weighted by molar-refractivity contribution is -0.385. The molecule has 0 heterocycles. The Morgan fingerprint density at radius 1 is 1.61 bits per heavy atom. The third-order valence-corrected chi connectivity index (χ3v) is 2.83. The lowest BCUT2D eigenvalue weighted by Gasteiger charge is -2.10. The quantitative estimate of drug-likeness (QED) is 0.357. The van der Waals surface area contributed by atoms with E-state index in [1.807, 2.05) is 0 Å². The maximum absolute atomic E-state index is 11.1. The molecular formula is C10H9BrClNO5. The van der Waals surface area contributed by atoms with E-state index < -0.39 is 15.7 Å². The van der Waals surface area contributed by atoms with Crippen LogP contribution in [0.5, 0.6) is 5.75 Å². The van der Waals surface area contributed by atoms with Crippen LogP contribution in [0.4, 0.5) is 5.69 Å². The molecule has 1 rings (SSSR count). The maximum atomic E-state index is 11.1. The van der Waals surface area contributed by atoms with Crippen LogP contribution in [-0.4, -0.2) is 29.4 Å². The van der Waals surface area contributed by atoms with Gasteiger partial charge in [-0.25, -0.2) is 0 Å². The van der Waals surface area contributed by atoms with Gasteiger partial charge in [-0.2, -0.15) is 0 Å². The molecule has 8 heteroatoms. The molecule has 0 radical (unpaired) electrons. The van der Waals surface area contributed by atoms with E-state index in [2.05, 4.69) is 20.7 Å². The molecule has 6 nitrogen and oxygen atoms in total. The second-order valence-corrected chi connectivity index (χ2v) is 4.71. The van der Waals surface area contributed by atoms with Gasteiger partial charge in [-0.1, -0.05) is 27.5 Å². The van der Waals surface area contributed by atoms with Gasteiger partial charge in [0.15, 0.2) is 5.75 Å². The van der Waals surface area contributed by atoms with Crippen LogP contribution in [0.2, 0.25) is 5.02 Å². The van der Waals surface area contributed by atoms with Gasteiger partial charge in [-0.15, -0.1) is 0 Å². The Morgan fingerprint density at radius 3 is 2.83 bits per heavy atom. The number of rotatable bonds is 5. The lowest BCUT2D eigenvalue weighted by Crippen LogP contribution is -2.23. The van der Waals surface area contributed by atoms with E-state index >= 15 is 0 Å². The highest BCUT2D eigenvalue weighted by Gasteiger charge is 2.20. The largest absolute Gasteiger partial charge is 0.485 e. The van der Waals surface area contributed by atoms with Gasteiger partial charge in [-0.3, -0.25) is 14.9 Å². The maximum Gasteiger partial charge on any atom is 0.322 e. The van der Waals surface area contributed by atoms with E-state index in [-0.39, 0.29) is 23.1 Å². The van der Waals surface area contributed by atoms with Crippen LogP contribution in [0.1, 0.15) is 0 Å². The van der Waals surface area contributed by atoms with Crippen LogP contribution in [0, 0.1) is 10.1 Å². The first-order valence-corrected chi connectivity index (χ1v) is 6.03. The fourth-order valence-corrected chi connectivity index (χ4v) is 1.60. The Labute approximate surface area is 116 Å². The van der Waals surface area contributed by atoms with Crippen LogP contribution in [-0.2, 0) is 9.53 Å². The zero-order chi connectivity index (χ0) is 13.7. The van der Waals surface area contributed by atoms with Gasteiger partial charge in [0.25, 0.3) is 0 Å². The first-order chi connectivity index (χ1) is 8.45.